The van der Waals surface area contributed by atoms with E-state index in [-0.39, 0.29) is 6.10 Å². The van der Waals surface area contributed by atoms with E-state index in [9.17, 15) is 5.11 Å². The van der Waals surface area contributed by atoms with Crippen LogP contribution in [-0.4, -0.2) is 11.7 Å². The molecule has 2 heteroatoms. The minimum absolute atomic E-state index is 0.368. The normalized spacial score (nSPS) is 16.7. The van der Waals surface area contributed by atoms with E-state index in [2.05, 4.69) is 6.07 Å². The quantitative estimate of drug-likeness (QED) is 0.761. The zero-order valence-corrected chi connectivity index (χ0v) is 8.37. The zero-order chi connectivity index (χ0) is 9.97. The highest BCUT2D eigenvalue weighted by atomic mass is 16.3. The first-order valence-electron chi connectivity index (χ1n) is 5.31. The SMILES string of the molecule is NCC[C@@H](O)c1cccc2c1CCC2. The Labute approximate surface area is 84.7 Å². The summed E-state index contributed by atoms with van der Waals surface area (Å²) in [7, 11) is 0. The largest absolute Gasteiger partial charge is 0.388 e. The van der Waals surface area contributed by atoms with E-state index in [1.807, 2.05) is 12.1 Å². The number of rotatable bonds is 3. The van der Waals surface area contributed by atoms with Gasteiger partial charge in [0.25, 0.3) is 0 Å². The van der Waals surface area contributed by atoms with Gasteiger partial charge in [-0.1, -0.05) is 18.2 Å². The van der Waals surface area contributed by atoms with Crippen LogP contribution in [0.1, 0.15) is 35.6 Å². The highest BCUT2D eigenvalue weighted by Gasteiger charge is 2.18. The second-order valence-corrected chi connectivity index (χ2v) is 3.93. The highest BCUT2D eigenvalue weighted by molar-refractivity contribution is 5.39. The van der Waals surface area contributed by atoms with E-state index in [0.717, 1.165) is 12.0 Å². The molecule has 0 unspecified atom stereocenters. The molecule has 3 N–H and O–H groups in total. The maximum absolute atomic E-state index is 9.90. The molecule has 2 nitrogen and oxygen atoms in total. The van der Waals surface area contributed by atoms with Gasteiger partial charge in [-0.2, -0.15) is 0 Å². The molecule has 2 rings (SSSR count). The number of aliphatic hydroxyl groups is 1. The first kappa shape index (κ1) is 9.69. The van der Waals surface area contributed by atoms with Gasteiger partial charge in [-0.15, -0.1) is 0 Å². The molecule has 0 bridgehead atoms. The van der Waals surface area contributed by atoms with Crippen molar-refractivity contribution in [3.05, 3.63) is 34.9 Å². The summed E-state index contributed by atoms with van der Waals surface area (Å²) in [6, 6.07) is 6.24. The van der Waals surface area contributed by atoms with Crippen molar-refractivity contribution in [2.24, 2.45) is 5.73 Å². The summed E-state index contributed by atoms with van der Waals surface area (Å²) in [5.74, 6) is 0. The summed E-state index contributed by atoms with van der Waals surface area (Å²) in [5.41, 5.74) is 9.34. The standard InChI is InChI=1S/C12H17NO/c13-8-7-12(14)11-6-2-4-9-3-1-5-10(9)11/h2,4,6,12,14H,1,3,5,7-8,13H2/t12-/m1/s1. The van der Waals surface area contributed by atoms with Gasteiger partial charge >= 0.3 is 0 Å². The summed E-state index contributed by atoms with van der Waals surface area (Å²) < 4.78 is 0. The third kappa shape index (κ3) is 1.68. The minimum atomic E-state index is -0.368. The molecule has 0 radical (unpaired) electrons. The van der Waals surface area contributed by atoms with Gasteiger partial charge < -0.3 is 10.8 Å². The summed E-state index contributed by atoms with van der Waals surface area (Å²) in [4.78, 5) is 0. The maximum atomic E-state index is 9.90. The van der Waals surface area contributed by atoms with Gasteiger partial charge in [0.1, 0.15) is 0 Å². The Morgan fingerprint density at radius 2 is 2.21 bits per heavy atom. The molecular weight excluding hydrogens is 174 g/mol. The molecule has 0 aliphatic heterocycles. The van der Waals surface area contributed by atoms with E-state index >= 15 is 0 Å². The van der Waals surface area contributed by atoms with E-state index in [1.54, 1.807) is 0 Å². The van der Waals surface area contributed by atoms with Gasteiger partial charge in [-0.3, -0.25) is 0 Å². The smallest absolute Gasteiger partial charge is 0.0804 e. The van der Waals surface area contributed by atoms with Gasteiger partial charge in [0, 0.05) is 0 Å². The van der Waals surface area contributed by atoms with Crippen molar-refractivity contribution in [3.8, 4) is 0 Å². The Morgan fingerprint density at radius 1 is 1.36 bits per heavy atom. The lowest BCUT2D eigenvalue weighted by atomic mass is 9.97. The number of hydrogen-bond donors (Lipinski definition) is 2. The van der Waals surface area contributed by atoms with Crippen LogP contribution >= 0.6 is 0 Å². The van der Waals surface area contributed by atoms with E-state index < -0.39 is 0 Å². The molecular formula is C12H17NO. The van der Waals surface area contributed by atoms with Crippen LogP contribution < -0.4 is 5.73 Å². The average molecular weight is 191 g/mol. The van der Waals surface area contributed by atoms with Crippen LogP contribution in [0.5, 0.6) is 0 Å². The summed E-state index contributed by atoms with van der Waals surface area (Å²) >= 11 is 0. The molecule has 1 aromatic rings. The fourth-order valence-corrected chi connectivity index (χ4v) is 2.27. The molecule has 14 heavy (non-hydrogen) atoms. The topological polar surface area (TPSA) is 46.2 Å². The predicted molar refractivity (Wildman–Crippen MR) is 57.1 cm³/mol. The lowest BCUT2D eigenvalue weighted by Crippen LogP contribution is -2.08. The van der Waals surface area contributed by atoms with Gasteiger partial charge in [-0.05, 0) is 48.9 Å². The van der Waals surface area contributed by atoms with Crippen molar-refractivity contribution in [2.45, 2.75) is 31.8 Å². The molecule has 0 aromatic heterocycles. The van der Waals surface area contributed by atoms with E-state index in [0.29, 0.717) is 13.0 Å². The van der Waals surface area contributed by atoms with Crippen LogP contribution in [0.4, 0.5) is 0 Å². The monoisotopic (exact) mass is 191 g/mol. The molecule has 0 saturated carbocycles. The molecule has 0 saturated heterocycles. The van der Waals surface area contributed by atoms with Crippen LogP contribution in [-0.2, 0) is 12.8 Å². The lowest BCUT2D eigenvalue weighted by molar-refractivity contribution is 0.169. The van der Waals surface area contributed by atoms with Gasteiger partial charge in [0.15, 0.2) is 0 Å². The van der Waals surface area contributed by atoms with Gasteiger partial charge in [0.2, 0.25) is 0 Å². The first-order valence-corrected chi connectivity index (χ1v) is 5.31. The Bertz CT molecular complexity index is 322. The van der Waals surface area contributed by atoms with Crippen LogP contribution in [0.2, 0.25) is 0 Å². The molecule has 0 spiro atoms. The summed E-state index contributed by atoms with van der Waals surface area (Å²) in [6.45, 7) is 0.546. The summed E-state index contributed by atoms with van der Waals surface area (Å²) in [6.07, 6.45) is 3.80. The van der Waals surface area contributed by atoms with E-state index in [1.165, 1.54) is 24.0 Å². The molecule has 0 fully saturated rings. The van der Waals surface area contributed by atoms with Crippen molar-refractivity contribution in [3.63, 3.8) is 0 Å². The van der Waals surface area contributed by atoms with Crippen molar-refractivity contribution < 1.29 is 5.11 Å². The third-order valence-electron chi connectivity index (χ3n) is 2.98. The maximum Gasteiger partial charge on any atom is 0.0804 e. The highest BCUT2D eigenvalue weighted by Crippen LogP contribution is 2.29. The van der Waals surface area contributed by atoms with Crippen molar-refractivity contribution in [1.82, 2.24) is 0 Å². The Morgan fingerprint density at radius 3 is 3.00 bits per heavy atom. The zero-order valence-electron chi connectivity index (χ0n) is 8.37. The third-order valence-corrected chi connectivity index (χ3v) is 2.98. The molecule has 1 aromatic carbocycles. The number of nitrogens with two attached hydrogens (primary N) is 1. The second kappa shape index (κ2) is 4.11. The molecule has 1 atom stereocenters. The van der Waals surface area contributed by atoms with Crippen LogP contribution in [0.3, 0.4) is 0 Å². The first-order chi connectivity index (χ1) is 6.83. The summed E-state index contributed by atoms with van der Waals surface area (Å²) in [5, 5.41) is 9.90. The Kier molecular flexibility index (Phi) is 2.85. The van der Waals surface area contributed by atoms with Crippen LogP contribution in [0.25, 0.3) is 0 Å². The minimum Gasteiger partial charge on any atom is -0.388 e. The fourth-order valence-electron chi connectivity index (χ4n) is 2.27. The average Bonchev–Trinajstić information content (AvgIpc) is 2.65. The van der Waals surface area contributed by atoms with E-state index in [4.69, 9.17) is 5.73 Å². The second-order valence-electron chi connectivity index (χ2n) is 3.93. The lowest BCUT2D eigenvalue weighted by Gasteiger charge is -2.14. The van der Waals surface area contributed by atoms with Gasteiger partial charge in [-0.25, -0.2) is 0 Å². The molecule has 76 valence electrons. The molecule has 1 aliphatic carbocycles. The number of aryl methyl sites for hydroxylation is 1. The van der Waals surface area contributed by atoms with Crippen molar-refractivity contribution >= 4 is 0 Å². The predicted octanol–water partition coefficient (Wildman–Crippen LogP) is 1.56. The fraction of sp³-hybridized carbons (Fsp3) is 0.500. The molecule has 0 amide bonds. The molecule has 0 heterocycles. The van der Waals surface area contributed by atoms with Crippen LogP contribution in [0, 0.1) is 0 Å². The van der Waals surface area contributed by atoms with Gasteiger partial charge in [0.05, 0.1) is 6.10 Å². The Balaban J connectivity index is 2.29. The number of benzene rings is 1. The van der Waals surface area contributed by atoms with Crippen LogP contribution in [0.15, 0.2) is 18.2 Å². The van der Waals surface area contributed by atoms with Crippen molar-refractivity contribution in [2.75, 3.05) is 6.54 Å². The number of fused-ring (bicyclic) bond motifs is 1. The number of hydrogen-bond acceptors (Lipinski definition) is 2. The van der Waals surface area contributed by atoms with Crippen molar-refractivity contribution in [1.29, 1.82) is 0 Å². The molecule has 1 aliphatic rings. The Hall–Kier alpha value is -0.860. The number of aliphatic hydroxyl groups excluding tert-OH is 1.